The van der Waals surface area contributed by atoms with Crippen molar-refractivity contribution in [3.63, 3.8) is 0 Å². The molecule has 0 heterocycles. The van der Waals surface area contributed by atoms with Gasteiger partial charge < -0.3 is 10.6 Å². The monoisotopic (exact) mass is 218 g/mol. The van der Waals surface area contributed by atoms with E-state index in [4.69, 9.17) is 5.73 Å². The van der Waals surface area contributed by atoms with Gasteiger partial charge in [0.1, 0.15) is 0 Å². The Kier molecular flexibility index (Phi) is 3.97. The van der Waals surface area contributed by atoms with Gasteiger partial charge in [-0.1, -0.05) is 18.2 Å². The molecule has 0 spiro atoms. The van der Waals surface area contributed by atoms with Crippen molar-refractivity contribution in [1.29, 1.82) is 0 Å². The second-order valence-corrected chi connectivity index (χ2v) is 4.84. The van der Waals surface area contributed by atoms with Gasteiger partial charge in [0.25, 0.3) is 0 Å². The lowest BCUT2D eigenvalue weighted by Gasteiger charge is -2.16. The highest BCUT2D eigenvalue weighted by Gasteiger charge is 2.11. The first-order chi connectivity index (χ1) is 7.79. The van der Waals surface area contributed by atoms with E-state index in [0.717, 1.165) is 26.1 Å². The molecule has 0 aliphatic heterocycles. The van der Waals surface area contributed by atoms with Crippen LogP contribution in [0.3, 0.4) is 0 Å². The summed E-state index contributed by atoms with van der Waals surface area (Å²) in [6, 6.07) is 6.98. The minimum atomic E-state index is 0.786. The molecule has 0 aromatic heterocycles. The number of fused-ring (bicyclic) bond motifs is 1. The highest BCUT2D eigenvalue weighted by molar-refractivity contribution is 5.35. The van der Waals surface area contributed by atoms with Crippen molar-refractivity contribution in [3.05, 3.63) is 34.9 Å². The van der Waals surface area contributed by atoms with E-state index in [9.17, 15) is 0 Å². The zero-order chi connectivity index (χ0) is 11.4. The van der Waals surface area contributed by atoms with Crippen molar-refractivity contribution in [2.75, 3.05) is 20.1 Å². The molecule has 0 atom stereocenters. The van der Waals surface area contributed by atoms with Crippen LogP contribution in [-0.2, 0) is 19.4 Å². The van der Waals surface area contributed by atoms with Crippen LogP contribution in [0.25, 0.3) is 0 Å². The molecule has 0 unspecified atom stereocenters. The van der Waals surface area contributed by atoms with Gasteiger partial charge in [-0.15, -0.1) is 0 Å². The van der Waals surface area contributed by atoms with E-state index in [1.807, 2.05) is 0 Å². The number of hydrogen-bond acceptors (Lipinski definition) is 2. The Hall–Kier alpha value is -0.860. The Morgan fingerprint density at radius 3 is 2.88 bits per heavy atom. The molecule has 1 aromatic rings. The molecule has 0 radical (unpaired) electrons. The minimum Gasteiger partial charge on any atom is -0.330 e. The average molecular weight is 218 g/mol. The van der Waals surface area contributed by atoms with Gasteiger partial charge in [0.05, 0.1) is 0 Å². The van der Waals surface area contributed by atoms with Crippen molar-refractivity contribution in [3.8, 4) is 0 Å². The van der Waals surface area contributed by atoms with Crippen LogP contribution >= 0.6 is 0 Å². The maximum absolute atomic E-state index is 5.52. The van der Waals surface area contributed by atoms with Crippen LogP contribution in [0.4, 0.5) is 0 Å². The highest BCUT2D eigenvalue weighted by Crippen LogP contribution is 2.23. The summed E-state index contributed by atoms with van der Waals surface area (Å²) in [5, 5.41) is 0. The summed E-state index contributed by atoms with van der Waals surface area (Å²) >= 11 is 0. The lowest BCUT2D eigenvalue weighted by molar-refractivity contribution is 0.324. The first-order valence-corrected chi connectivity index (χ1v) is 6.29. The van der Waals surface area contributed by atoms with Gasteiger partial charge in [0.2, 0.25) is 0 Å². The molecule has 2 nitrogen and oxygen atoms in total. The molecule has 2 N–H and O–H groups in total. The number of benzene rings is 1. The molecule has 0 amide bonds. The summed E-state index contributed by atoms with van der Waals surface area (Å²) in [6.45, 7) is 2.93. The lowest BCUT2D eigenvalue weighted by atomic mass is 10.1. The van der Waals surface area contributed by atoms with E-state index in [1.54, 1.807) is 11.1 Å². The third kappa shape index (κ3) is 2.83. The first-order valence-electron chi connectivity index (χ1n) is 6.29. The Labute approximate surface area is 98.4 Å². The van der Waals surface area contributed by atoms with Gasteiger partial charge in [-0.3, -0.25) is 0 Å². The Bertz CT molecular complexity index is 347. The van der Waals surface area contributed by atoms with Crippen LogP contribution in [0.5, 0.6) is 0 Å². The lowest BCUT2D eigenvalue weighted by Crippen LogP contribution is -2.21. The van der Waals surface area contributed by atoms with Gasteiger partial charge in [-0.05, 0) is 62.5 Å². The molecule has 2 heteroatoms. The SMILES string of the molecule is CN(CCCN)Cc1ccc2c(c1)CCC2. The van der Waals surface area contributed by atoms with Crippen molar-refractivity contribution in [2.45, 2.75) is 32.2 Å². The normalized spacial score (nSPS) is 14.4. The topological polar surface area (TPSA) is 29.3 Å². The van der Waals surface area contributed by atoms with Crippen molar-refractivity contribution in [2.24, 2.45) is 5.73 Å². The van der Waals surface area contributed by atoms with E-state index in [0.29, 0.717) is 0 Å². The zero-order valence-electron chi connectivity index (χ0n) is 10.2. The average Bonchev–Trinajstić information content (AvgIpc) is 2.73. The summed E-state index contributed by atoms with van der Waals surface area (Å²) in [4.78, 5) is 2.35. The number of hydrogen-bond donors (Lipinski definition) is 1. The molecule has 0 saturated carbocycles. The maximum Gasteiger partial charge on any atom is 0.0230 e. The molecule has 1 aliphatic rings. The highest BCUT2D eigenvalue weighted by atomic mass is 15.1. The summed E-state index contributed by atoms with van der Waals surface area (Å²) in [5.74, 6) is 0. The molecular formula is C14H22N2. The van der Waals surface area contributed by atoms with Crippen LogP contribution < -0.4 is 5.73 Å². The first kappa shape index (κ1) is 11.6. The number of rotatable bonds is 5. The molecule has 1 aromatic carbocycles. The predicted molar refractivity (Wildman–Crippen MR) is 68.5 cm³/mol. The van der Waals surface area contributed by atoms with Crippen LogP contribution in [0, 0.1) is 0 Å². The predicted octanol–water partition coefficient (Wildman–Crippen LogP) is 1.96. The van der Waals surface area contributed by atoms with E-state index in [-0.39, 0.29) is 0 Å². The smallest absolute Gasteiger partial charge is 0.0230 e. The summed E-state index contributed by atoms with van der Waals surface area (Å²) < 4.78 is 0. The van der Waals surface area contributed by atoms with Gasteiger partial charge in [0, 0.05) is 6.54 Å². The molecule has 2 rings (SSSR count). The quantitative estimate of drug-likeness (QED) is 0.818. The summed E-state index contributed by atoms with van der Waals surface area (Å²) in [5.41, 5.74) is 10.1. The molecule has 0 saturated heterocycles. The van der Waals surface area contributed by atoms with Gasteiger partial charge in [-0.25, -0.2) is 0 Å². The third-order valence-electron chi connectivity index (χ3n) is 3.36. The van der Waals surface area contributed by atoms with E-state index >= 15 is 0 Å². The molecular weight excluding hydrogens is 196 g/mol. The van der Waals surface area contributed by atoms with Gasteiger partial charge >= 0.3 is 0 Å². The van der Waals surface area contributed by atoms with Crippen LogP contribution in [-0.4, -0.2) is 25.0 Å². The molecule has 1 aliphatic carbocycles. The molecule has 88 valence electrons. The Morgan fingerprint density at radius 1 is 1.25 bits per heavy atom. The fourth-order valence-corrected chi connectivity index (χ4v) is 2.48. The summed E-state index contributed by atoms with van der Waals surface area (Å²) in [6.07, 6.45) is 4.97. The van der Waals surface area contributed by atoms with Crippen LogP contribution in [0.2, 0.25) is 0 Å². The van der Waals surface area contributed by atoms with Crippen molar-refractivity contribution >= 4 is 0 Å². The number of nitrogens with zero attached hydrogens (tertiary/aromatic N) is 1. The Balaban J connectivity index is 1.94. The second-order valence-electron chi connectivity index (χ2n) is 4.84. The largest absolute Gasteiger partial charge is 0.330 e. The van der Waals surface area contributed by atoms with Crippen LogP contribution in [0.1, 0.15) is 29.5 Å². The van der Waals surface area contributed by atoms with Gasteiger partial charge in [0.15, 0.2) is 0 Å². The van der Waals surface area contributed by atoms with E-state index in [2.05, 4.69) is 30.1 Å². The fourth-order valence-electron chi connectivity index (χ4n) is 2.48. The third-order valence-corrected chi connectivity index (χ3v) is 3.36. The zero-order valence-corrected chi connectivity index (χ0v) is 10.2. The fraction of sp³-hybridized carbons (Fsp3) is 0.571. The van der Waals surface area contributed by atoms with Crippen LogP contribution in [0.15, 0.2) is 18.2 Å². The maximum atomic E-state index is 5.52. The Morgan fingerprint density at radius 2 is 2.06 bits per heavy atom. The molecule has 0 bridgehead atoms. The van der Waals surface area contributed by atoms with Crippen molar-refractivity contribution in [1.82, 2.24) is 4.90 Å². The molecule has 16 heavy (non-hydrogen) atoms. The standard InChI is InChI=1S/C14H22N2/c1-16(9-3-8-15)11-12-6-7-13-4-2-5-14(13)10-12/h6-7,10H,2-5,8-9,11,15H2,1H3. The minimum absolute atomic E-state index is 0.786. The number of nitrogens with two attached hydrogens (primary N) is 1. The number of aryl methyl sites for hydroxylation is 2. The van der Waals surface area contributed by atoms with Gasteiger partial charge in [-0.2, -0.15) is 0 Å². The van der Waals surface area contributed by atoms with E-state index < -0.39 is 0 Å². The molecule has 0 fully saturated rings. The van der Waals surface area contributed by atoms with E-state index in [1.165, 1.54) is 24.8 Å². The second kappa shape index (κ2) is 5.46. The summed E-state index contributed by atoms with van der Waals surface area (Å²) in [7, 11) is 2.17. The van der Waals surface area contributed by atoms with Crippen molar-refractivity contribution < 1.29 is 0 Å².